The standard InChI is InChI=1S/C12H21NO3Si/c1-14-17(15-2,16-3)13-11-7-10-12-8-5-4-6-9-12/h4-6,8-9,13H,7,10-11H2,1-3H3. The SMILES string of the molecule is CO[Si](NCCCc1ccccc1)(OC)OC. The molecule has 0 bridgehead atoms. The largest absolute Gasteiger partial charge is 0.595 e. The molecule has 1 aromatic rings. The lowest BCUT2D eigenvalue weighted by atomic mass is 10.1. The van der Waals surface area contributed by atoms with Crippen molar-refractivity contribution in [1.29, 1.82) is 0 Å². The highest BCUT2D eigenvalue weighted by molar-refractivity contribution is 6.57. The van der Waals surface area contributed by atoms with Gasteiger partial charge in [-0.1, -0.05) is 30.3 Å². The van der Waals surface area contributed by atoms with Gasteiger partial charge < -0.3 is 13.3 Å². The van der Waals surface area contributed by atoms with E-state index in [1.165, 1.54) is 5.56 Å². The van der Waals surface area contributed by atoms with Crippen LogP contribution in [0, 0.1) is 0 Å². The summed E-state index contributed by atoms with van der Waals surface area (Å²) in [6.07, 6.45) is 2.06. The second kappa shape index (κ2) is 7.57. The van der Waals surface area contributed by atoms with Gasteiger partial charge in [-0.3, -0.25) is 4.98 Å². The number of rotatable bonds is 8. The molecule has 0 aliphatic carbocycles. The fourth-order valence-corrected chi connectivity index (χ4v) is 3.06. The molecular formula is C12H21NO3Si. The van der Waals surface area contributed by atoms with Gasteiger partial charge in [-0.15, -0.1) is 0 Å². The Hall–Kier alpha value is -0.723. The molecule has 0 atom stereocenters. The first-order chi connectivity index (χ1) is 8.26. The van der Waals surface area contributed by atoms with E-state index < -0.39 is 8.97 Å². The van der Waals surface area contributed by atoms with E-state index in [9.17, 15) is 0 Å². The van der Waals surface area contributed by atoms with Crippen LogP contribution in [0.25, 0.3) is 0 Å². The fraction of sp³-hybridized carbons (Fsp3) is 0.500. The van der Waals surface area contributed by atoms with Gasteiger partial charge >= 0.3 is 8.97 Å². The minimum absolute atomic E-state index is 0.816. The topological polar surface area (TPSA) is 39.7 Å². The number of hydrogen-bond donors (Lipinski definition) is 1. The Morgan fingerprint density at radius 2 is 1.59 bits per heavy atom. The molecule has 0 amide bonds. The maximum absolute atomic E-state index is 5.27. The van der Waals surface area contributed by atoms with Crippen molar-refractivity contribution < 1.29 is 13.3 Å². The number of benzene rings is 1. The fourth-order valence-electron chi connectivity index (χ4n) is 1.65. The average molecular weight is 255 g/mol. The van der Waals surface area contributed by atoms with Gasteiger partial charge in [-0.2, -0.15) is 0 Å². The van der Waals surface area contributed by atoms with E-state index in [4.69, 9.17) is 13.3 Å². The highest BCUT2D eigenvalue weighted by atomic mass is 28.4. The van der Waals surface area contributed by atoms with Gasteiger partial charge in [0, 0.05) is 21.3 Å². The lowest BCUT2D eigenvalue weighted by Gasteiger charge is -2.24. The zero-order valence-electron chi connectivity index (χ0n) is 10.7. The third-order valence-electron chi connectivity index (χ3n) is 2.63. The summed E-state index contributed by atoms with van der Waals surface area (Å²) in [5.41, 5.74) is 1.34. The summed E-state index contributed by atoms with van der Waals surface area (Å²) in [6.45, 7) is 0.816. The van der Waals surface area contributed by atoms with Crippen LogP contribution in [0.4, 0.5) is 0 Å². The Morgan fingerprint density at radius 1 is 1.00 bits per heavy atom. The third kappa shape index (κ3) is 4.57. The van der Waals surface area contributed by atoms with E-state index in [1.54, 1.807) is 21.3 Å². The molecule has 96 valence electrons. The Labute approximate surface area is 104 Å². The molecule has 4 nitrogen and oxygen atoms in total. The maximum atomic E-state index is 5.27. The molecule has 5 heteroatoms. The highest BCUT2D eigenvalue weighted by Crippen LogP contribution is 2.04. The quantitative estimate of drug-likeness (QED) is 0.565. The van der Waals surface area contributed by atoms with Crippen molar-refractivity contribution in [2.75, 3.05) is 27.9 Å². The molecule has 17 heavy (non-hydrogen) atoms. The first-order valence-electron chi connectivity index (χ1n) is 5.70. The van der Waals surface area contributed by atoms with Crippen molar-refractivity contribution in [3.63, 3.8) is 0 Å². The molecule has 1 rings (SSSR count). The molecule has 0 fully saturated rings. The summed E-state index contributed by atoms with van der Waals surface area (Å²) in [4.78, 5) is 3.22. The van der Waals surface area contributed by atoms with Gasteiger partial charge in [-0.05, 0) is 24.9 Å². The molecule has 0 heterocycles. The molecule has 0 spiro atoms. The number of aryl methyl sites for hydroxylation is 1. The summed E-state index contributed by atoms with van der Waals surface area (Å²) in [7, 11) is 2.20. The van der Waals surface area contributed by atoms with Gasteiger partial charge in [0.2, 0.25) is 0 Å². The van der Waals surface area contributed by atoms with Crippen molar-refractivity contribution in [3.8, 4) is 0 Å². The van der Waals surface area contributed by atoms with Crippen LogP contribution in [0.15, 0.2) is 30.3 Å². The van der Waals surface area contributed by atoms with Gasteiger partial charge in [0.25, 0.3) is 0 Å². The Kier molecular flexibility index (Phi) is 6.39. The molecule has 0 aliphatic rings. The minimum atomic E-state index is -2.61. The predicted molar refractivity (Wildman–Crippen MR) is 69.5 cm³/mol. The minimum Gasteiger partial charge on any atom is -0.364 e. The summed E-state index contributed by atoms with van der Waals surface area (Å²) >= 11 is 0. The molecule has 1 N–H and O–H groups in total. The predicted octanol–water partition coefficient (Wildman–Crippen LogP) is 1.58. The third-order valence-corrected chi connectivity index (χ3v) is 4.93. The second-order valence-corrected chi connectivity index (χ2v) is 6.38. The van der Waals surface area contributed by atoms with E-state index in [2.05, 4.69) is 29.2 Å². The zero-order valence-corrected chi connectivity index (χ0v) is 11.7. The van der Waals surface area contributed by atoms with Crippen LogP contribution in [-0.4, -0.2) is 36.8 Å². The van der Waals surface area contributed by atoms with Gasteiger partial charge in [0.1, 0.15) is 0 Å². The van der Waals surface area contributed by atoms with Crippen molar-refractivity contribution in [1.82, 2.24) is 4.98 Å². The molecular weight excluding hydrogens is 234 g/mol. The maximum Gasteiger partial charge on any atom is 0.595 e. The van der Waals surface area contributed by atoms with Crippen molar-refractivity contribution in [3.05, 3.63) is 35.9 Å². The molecule has 0 radical (unpaired) electrons. The summed E-state index contributed by atoms with van der Waals surface area (Å²) in [6, 6.07) is 10.4. The Balaban J connectivity index is 2.28. The molecule has 1 aromatic carbocycles. The Bertz CT molecular complexity index is 296. The second-order valence-electron chi connectivity index (χ2n) is 3.68. The highest BCUT2D eigenvalue weighted by Gasteiger charge is 2.38. The van der Waals surface area contributed by atoms with Crippen molar-refractivity contribution in [2.45, 2.75) is 12.8 Å². The number of hydrogen-bond acceptors (Lipinski definition) is 4. The van der Waals surface area contributed by atoms with E-state index in [-0.39, 0.29) is 0 Å². The summed E-state index contributed by atoms with van der Waals surface area (Å²) in [5.74, 6) is 0. The molecule has 0 aliphatic heterocycles. The molecule has 0 saturated carbocycles. The summed E-state index contributed by atoms with van der Waals surface area (Å²) < 4.78 is 15.8. The summed E-state index contributed by atoms with van der Waals surface area (Å²) in [5, 5.41) is 0. The smallest absolute Gasteiger partial charge is 0.364 e. The van der Waals surface area contributed by atoms with Gasteiger partial charge in [0.05, 0.1) is 0 Å². The van der Waals surface area contributed by atoms with E-state index in [0.29, 0.717) is 0 Å². The normalized spacial score (nSPS) is 11.7. The van der Waals surface area contributed by atoms with Gasteiger partial charge in [0.15, 0.2) is 0 Å². The first kappa shape index (κ1) is 14.3. The van der Waals surface area contributed by atoms with Crippen LogP contribution in [0.5, 0.6) is 0 Å². The zero-order chi connectivity index (χ0) is 12.6. The Morgan fingerprint density at radius 3 is 2.12 bits per heavy atom. The van der Waals surface area contributed by atoms with Crippen LogP contribution in [0.1, 0.15) is 12.0 Å². The van der Waals surface area contributed by atoms with Crippen LogP contribution in [-0.2, 0) is 19.7 Å². The van der Waals surface area contributed by atoms with E-state index in [0.717, 1.165) is 19.4 Å². The first-order valence-corrected chi connectivity index (χ1v) is 7.43. The van der Waals surface area contributed by atoms with Crippen LogP contribution in [0.2, 0.25) is 0 Å². The van der Waals surface area contributed by atoms with Crippen LogP contribution in [0.3, 0.4) is 0 Å². The van der Waals surface area contributed by atoms with E-state index >= 15 is 0 Å². The lowest BCUT2D eigenvalue weighted by Crippen LogP contribution is -2.57. The molecule has 0 aromatic heterocycles. The van der Waals surface area contributed by atoms with Crippen LogP contribution >= 0.6 is 0 Å². The molecule has 0 unspecified atom stereocenters. The molecule has 0 saturated heterocycles. The van der Waals surface area contributed by atoms with Gasteiger partial charge in [-0.25, -0.2) is 0 Å². The van der Waals surface area contributed by atoms with Crippen LogP contribution < -0.4 is 4.98 Å². The monoisotopic (exact) mass is 255 g/mol. The number of nitrogens with one attached hydrogen (secondary N) is 1. The average Bonchev–Trinajstić information content (AvgIpc) is 2.41. The van der Waals surface area contributed by atoms with Crippen molar-refractivity contribution in [2.24, 2.45) is 0 Å². The van der Waals surface area contributed by atoms with E-state index in [1.807, 2.05) is 6.07 Å². The van der Waals surface area contributed by atoms with Crippen molar-refractivity contribution >= 4 is 8.97 Å². The lowest BCUT2D eigenvalue weighted by molar-refractivity contribution is 0.110.